The van der Waals surface area contributed by atoms with Crippen molar-refractivity contribution >= 4 is 23.5 Å². The highest BCUT2D eigenvalue weighted by Crippen LogP contribution is 2.20. The normalized spacial score (nSPS) is 9.00. The second-order valence-electron chi connectivity index (χ2n) is 2.74. The molecule has 0 fully saturated rings. The Hall–Kier alpha value is -1.55. The minimum atomic E-state index is -1.19. The van der Waals surface area contributed by atoms with Crippen LogP contribution in [0.5, 0.6) is 0 Å². The van der Waals surface area contributed by atoms with Crippen LogP contribution in [0.2, 0.25) is 5.02 Å². The first kappa shape index (κ1) is 14.5. The third-order valence-corrected chi connectivity index (χ3v) is 2.05. The van der Waals surface area contributed by atoms with Crippen LogP contribution in [0.25, 0.3) is 0 Å². The Morgan fingerprint density at radius 1 is 1.06 bits per heavy atom. The van der Waals surface area contributed by atoms with E-state index in [9.17, 15) is 9.59 Å². The van der Waals surface area contributed by atoms with Gasteiger partial charge in [-0.3, -0.25) is 0 Å². The fourth-order valence-corrected chi connectivity index (χ4v) is 1.34. The molecule has 88 valence electrons. The number of benzene rings is 1. The van der Waals surface area contributed by atoms with Crippen LogP contribution in [0.15, 0.2) is 12.1 Å². The van der Waals surface area contributed by atoms with Crippen molar-refractivity contribution in [3.8, 4) is 0 Å². The van der Waals surface area contributed by atoms with Crippen molar-refractivity contribution in [2.24, 2.45) is 0 Å². The fraction of sp³-hybridized carbons (Fsp3) is 0.273. The van der Waals surface area contributed by atoms with E-state index in [1.165, 1.54) is 19.1 Å². The van der Waals surface area contributed by atoms with Gasteiger partial charge < -0.3 is 10.2 Å². The monoisotopic (exact) mass is 244 g/mol. The predicted octanol–water partition coefficient (Wildman–Crippen LogP) is 3.07. The Morgan fingerprint density at radius 2 is 1.38 bits per heavy atom. The molecule has 0 radical (unpaired) electrons. The van der Waals surface area contributed by atoms with Gasteiger partial charge in [0.05, 0.1) is 11.1 Å². The van der Waals surface area contributed by atoms with Gasteiger partial charge in [-0.2, -0.15) is 0 Å². The zero-order chi connectivity index (χ0) is 12.9. The van der Waals surface area contributed by atoms with E-state index >= 15 is 0 Å². The topological polar surface area (TPSA) is 74.6 Å². The largest absolute Gasteiger partial charge is 0.478 e. The molecule has 5 heteroatoms. The molecular formula is C11H13ClO4. The van der Waals surface area contributed by atoms with Crippen LogP contribution < -0.4 is 0 Å². The van der Waals surface area contributed by atoms with E-state index in [2.05, 4.69) is 0 Å². The summed E-state index contributed by atoms with van der Waals surface area (Å²) in [5, 5.41) is 17.6. The number of carboxylic acid groups (broad SMARTS) is 2. The highest BCUT2D eigenvalue weighted by molar-refractivity contribution is 6.31. The molecule has 0 aliphatic rings. The molecule has 2 N–H and O–H groups in total. The maximum absolute atomic E-state index is 10.7. The van der Waals surface area contributed by atoms with Crippen LogP contribution in [0, 0.1) is 6.92 Å². The molecule has 0 heterocycles. The van der Waals surface area contributed by atoms with E-state index < -0.39 is 11.9 Å². The van der Waals surface area contributed by atoms with Crippen molar-refractivity contribution in [2.45, 2.75) is 20.8 Å². The Kier molecular flexibility index (Phi) is 5.53. The van der Waals surface area contributed by atoms with Gasteiger partial charge in [-0.15, -0.1) is 0 Å². The number of carbonyl (C=O) groups is 2. The van der Waals surface area contributed by atoms with Gasteiger partial charge in [0.15, 0.2) is 0 Å². The Balaban J connectivity index is 0.00000106. The molecule has 0 saturated carbocycles. The first-order valence-electron chi connectivity index (χ1n) is 4.70. The van der Waals surface area contributed by atoms with Crippen molar-refractivity contribution in [2.75, 3.05) is 0 Å². The lowest BCUT2D eigenvalue weighted by Gasteiger charge is -2.05. The predicted molar refractivity (Wildman–Crippen MR) is 61.5 cm³/mol. The van der Waals surface area contributed by atoms with Crippen molar-refractivity contribution in [1.29, 1.82) is 0 Å². The SMILES string of the molecule is CC.Cc1c(C(=O)O)cc(Cl)cc1C(=O)O. The van der Waals surface area contributed by atoms with E-state index in [4.69, 9.17) is 21.8 Å². The molecule has 1 rings (SSSR count). The van der Waals surface area contributed by atoms with Crippen LogP contribution >= 0.6 is 11.6 Å². The molecule has 0 aliphatic carbocycles. The summed E-state index contributed by atoms with van der Waals surface area (Å²) in [6, 6.07) is 2.46. The molecule has 0 saturated heterocycles. The van der Waals surface area contributed by atoms with Gasteiger partial charge in [0.25, 0.3) is 0 Å². The van der Waals surface area contributed by atoms with E-state index in [1.54, 1.807) is 0 Å². The molecule has 0 aliphatic heterocycles. The molecule has 0 aromatic heterocycles. The van der Waals surface area contributed by atoms with Gasteiger partial charge in [-0.05, 0) is 24.6 Å². The van der Waals surface area contributed by atoms with Crippen LogP contribution in [0.1, 0.15) is 40.1 Å². The van der Waals surface area contributed by atoms with Crippen molar-refractivity contribution in [1.82, 2.24) is 0 Å². The summed E-state index contributed by atoms with van der Waals surface area (Å²) in [6.45, 7) is 5.43. The fourth-order valence-electron chi connectivity index (χ4n) is 1.12. The molecule has 0 atom stereocenters. The van der Waals surface area contributed by atoms with Crippen molar-refractivity contribution < 1.29 is 19.8 Å². The van der Waals surface area contributed by atoms with Crippen LogP contribution in [-0.2, 0) is 0 Å². The second kappa shape index (κ2) is 6.12. The summed E-state index contributed by atoms with van der Waals surface area (Å²) < 4.78 is 0. The maximum Gasteiger partial charge on any atom is 0.336 e. The summed E-state index contributed by atoms with van der Waals surface area (Å²) in [5.74, 6) is -2.37. The number of hydrogen-bond acceptors (Lipinski definition) is 2. The van der Waals surface area contributed by atoms with E-state index in [0.29, 0.717) is 0 Å². The molecule has 0 unspecified atom stereocenters. The highest BCUT2D eigenvalue weighted by Gasteiger charge is 2.16. The summed E-state index contributed by atoms with van der Waals surface area (Å²) in [4.78, 5) is 21.4. The summed E-state index contributed by atoms with van der Waals surface area (Å²) in [7, 11) is 0. The third-order valence-electron chi connectivity index (χ3n) is 1.83. The van der Waals surface area contributed by atoms with Crippen molar-refractivity contribution in [3.05, 3.63) is 33.8 Å². The molecular weight excluding hydrogens is 232 g/mol. The zero-order valence-corrected chi connectivity index (χ0v) is 10.00. The van der Waals surface area contributed by atoms with Crippen LogP contribution in [0.3, 0.4) is 0 Å². The summed E-state index contributed by atoms with van der Waals surface area (Å²) in [6.07, 6.45) is 0. The van der Waals surface area contributed by atoms with Gasteiger partial charge >= 0.3 is 11.9 Å². The van der Waals surface area contributed by atoms with Gasteiger partial charge in [0, 0.05) is 5.02 Å². The van der Waals surface area contributed by atoms with Gasteiger partial charge in [0.1, 0.15) is 0 Å². The lowest BCUT2D eigenvalue weighted by atomic mass is 10.0. The Bertz CT molecular complexity index is 377. The van der Waals surface area contributed by atoms with Crippen LogP contribution in [-0.4, -0.2) is 22.2 Å². The average Bonchev–Trinajstić information content (AvgIpc) is 2.23. The highest BCUT2D eigenvalue weighted by atomic mass is 35.5. The number of rotatable bonds is 2. The second-order valence-corrected chi connectivity index (χ2v) is 3.17. The minimum absolute atomic E-state index is 0.0881. The van der Waals surface area contributed by atoms with Gasteiger partial charge in [0.2, 0.25) is 0 Å². The quantitative estimate of drug-likeness (QED) is 0.838. The maximum atomic E-state index is 10.7. The minimum Gasteiger partial charge on any atom is -0.478 e. The summed E-state index contributed by atoms with van der Waals surface area (Å²) >= 11 is 5.58. The van der Waals surface area contributed by atoms with Gasteiger partial charge in [-0.1, -0.05) is 25.4 Å². The molecule has 0 amide bonds. The average molecular weight is 245 g/mol. The van der Waals surface area contributed by atoms with Gasteiger partial charge in [-0.25, -0.2) is 9.59 Å². The van der Waals surface area contributed by atoms with E-state index in [1.807, 2.05) is 13.8 Å². The zero-order valence-electron chi connectivity index (χ0n) is 9.24. The third kappa shape index (κ3) is 3.24. The van der Waals surface area contributed by atoms with E-state index in [0.717, 1.165) is 0 Å². The standard InChI is InChI=1S/C9H7ClO4.C2H6/c1-4-6(8(11)12)2-5(10)3-7(4)9(13)14;1-2/h2-3H,1H3,(H,11,12)(H,13,14);1-2H3. The lowest BCUT2D eigenvalue weighted by Crippen LogP contribution is -2.07. The smallest absolute Gasteiger partial charge is 0.336 e. The first-order chi connectivity index (χ1) is 7.43. The number of halogens is 1. The van der Waals surface area contributed by atoms with Crippen molar-refractivity contribution in [3.63, 3.8) is 0 Å². The summed E-state index contributed by atoms with van der Waals surface area (Å²) in [5.41, 5.74) is 0.0270. The lowest BCUT2D eigenvalue weighted by molar-refractivity contribution is 0.0696. The number of carboxylic acids is 2. The molecule has 1 aromatic rings. The first-order valence-corrected chi connectivity index (χ1v) is 5.08. The Morgan fingerprint density at radius 3 is 1.62 bits per heavy atom. The molecule has 16 heavy (non-hydrogen) atoms. The van der Waals surface area contributed by atoms with E-state index in [-0.39, 0.29) is 21.7 Å². The number of hydrogen-bond donors (Lipinski definition) is 2. The molecule has 1 aromatic carbocycles. The molecule has 4 nitrogen and oxygen atoms in total. The Labute approximate surface area is 98.5 Å². The number of aromatic carboxylic acids is 2. The molecule has 0 bridgehead atoms. The molecule has 0 spiro atoms. The van der Waals surface area contributed by atoms with Crippen LogP contribution in [0.4, 0.5) is 0 Å².